The molecular weight excluding hydrogens is 362 g/mol. The van der Waals surface area contributed by atoms with Crippen LogP contribution in [0.4, 0.5) is 5.82 Å². The highest BCUT2D eigenvalue weighted by molar-refractivity contribution is 5.89. The lowest BCUT2D eigenvalue weighted by molar-refractivity contribution is 1.13. The monoisotopic (exact) mass is 377 g/mol. The van der Waals surface area contributed by atoms with Crippen LogP contribution in [-0.4, -0.2) is 24.3 Å². The van der Waals surface area contributed by atoms with Crippen molar-refractivity contribution in [3.05, 3.63) is 72.4 Å². The number of nitriles is 1. The first kappa shape index (κ1) is 16.8. The maximum Gasteiger partial charge on any atom is 0.180 e. The molecule has 2 N–H and O–H groups in total. The van der Waals surface area contributed by atoms with Gasteiger partial charge in [-0.25, -0.2) is 15.0 Å². The topological polar surface area (TPSA) is 106 Å². The number of fused-ring (bicyclic) bond motifs is 2. The van der Waals surface area contributed by atoms with Gasteiger partial charge in [-0.2, -0.15) is 5.26 Å². The molecule has 138 valence electrons. The van der Waals surface area contributed by atoms with Crippen LogP contribution in [0.15, 0.2) is 61.2 Å². The van der Waals surface area contributed by atoms with Crippen molar-refractivity contribution in [3.8, 4) is 28.6 Å². The lowest BCUT2D eigenvalue weighted by Gasteiger charge is -2.14. The van der Waals surface area contributed by atoms with Gasteiger partial charge in [0.05, 0.1) is 16.9 Å². The van der Waals surface area contributed by atoms with Crippen LogP contribution in [0.2, 0.25) is 0 Å². The standard InChI is InChI=1S/C22H15N7/c1-13-9-16(12-27-18(13)11-23)19-20(29-8-7-26-22(29)21(24)28-19)15-4-5-17-14(10-15)3-2-6-25-17/h2-10,12H,1H3,(H2,24,28). The molecule has 0 aliphatic carbocycles. The van der Waals surface area contributed by atoms with E-state index in [-0.39, 0.29) is 0 Å². The molecule has 0 saturated heterocycles. The third-order valence-corrected chi connectivity index (χ3v) is 4.90. The number of aryl methyl sites for hydroxylation is 1. The molecule has 0 amide bonds. The van der Waals surface area contributed by atoms with Crippen molar-refractivity contribution < 1.29 is 0 Å². The highest BCUT2D eigenvalue weighted by Gasteiger charge is 2.18. The number of benzene rings is 1. The second-order valence-electron chi connectivity index (χ2n) is 6.73. The summed E-state index contributed by atoms with van der Waals surface area (Å²) in [7, 11) is 0. The van der Waals surface area contributed by atoms with Gasteiger partial charge in [-0.3, -0.25) is 9.38 Å². The van der Waals surface area contributed by atoms with Gasteiger partial charge in [-0.15, -0.1) is 0 Å². The zero-order valence-electron chi connectivity index (χ0n) is 15.5. The van der Waals surface area contributed by atoms with Crippen molar-refractivity contribution in [3.63, 3.8) is 0 Å². The molecule has 0 aliphatic rings. The highest BCUT2D eigenvalue weighted by Crippen LogP contribution is 2.34. The molecule has 0 unspecified atom stereocenters. The predicted octanol–water partition coefficient (Wildman–Crippen LogP) is 3.77. The van der Waals surface area contributed by atoms with Gasteiger partial charge in [0.15, 0.2) is 11.5 Å². The summed E-state index contributed by atoms with van der Waals surface area (Å²) in [5.41, 5.74) is 12.1. The Morgan fingerprint density at radius 1 is 1.03 bits per heavy atom. The van der Waals surface area contributed by atoms with E-state index in [1.807, 2.05) is 47.9 Å². The molecule has 0 fully saturated rings. The molecule has 5 aromatic rings. The zero-order valence-corrected chi connectivity index (χ0v) is 15.5. The number of hydrogen-bond acceptors (Lipinski definition) is 6. The molecular formula is C22H15N7. The maximum absolute atomic E-state index is 9.20. The average Bonchev–Trinajstić information content (AvgIpc) is 3.23. The van der Waals surface area contributed by atoms with Gasteiger partial charge < -0.3 is 5.73 Å². The van der Waals surface area contributed by atoms with Gasteiger partial charge in [0.1, 0.15) is 11.8 Å². The molecule has 4 heterocycles. The molecule has 0 saturated carbocycles. The minimum Gasteiger partial charge on any atom is -0.381 e. The Kier molecular flexibility index (Phi) is 3.71. The molecule has 0 aliphatic heterocycles. The van der Waals surface area contributed by atoms with E-state index in [0.29, 0.717) is 22.9 Å². The summed E-state index contributed by atoms with van der Waals surface area (Å²) in [6, 6.07) is 14.0. The Morgan fingerprint density at radius 2 is 1.93 bits per heavy atom. The van der Waals surface area contributed by atoms with E-state index in [1.54, 1.807) is 18.6 Å². The number of pyridine rings is 2. The molecule has 1 aromatic carbocycles. The number of hydrogen-bond donors (Lipinski definition) is 1. The molecule has 29 heavy (non-hydrogen) atoms. The molecule has 0 spiro atoms. The third-order valence-electron chi connectivity index (χ3n) is 4.90. The summed E-state index contributed by atoms with van der Waals surface area (Å²) in [4.78, 5) is 17.7. The number of imidazole rings is 1. The van der Waals surface area contributed by atoms with E-state index in [4.69, 9.17) is 5.73 Å². The summed E-state index contributed by atoms with van der Waals surface area (Å²) >= 11 is 0. The quantitative estimate of drug-likeness (QED) is 0.502. The van der Waals surface area contributed by atoms with E-state index >= 15 is 0 Å². The summed E-state index contributed by atoms with van der Waals surface area (Å²) in [5, 5.41) is 10.2. The van der Waals surface area contributed by atoms with Crippen LogP contribution in [0.1, 0.15) is 11.3 Å². The molecule has 4 aromatic heterocycles. The van der Waals surface area contributed by atoms with Crippen LogP contribution in [0.25, 0.3) is 39.1 Å². The molecule has 0 bridgehead atoms. The Balaban J connectivity index is 1.84. The zero-order chi connectivity index (χ0) is 20.0. The Hall–Kier alpha value is -4.31. The summed E-state index contributed by atoms with van der Waals surface area (Å²) < 4.78 is 1.93. The van der Waals surface area contributed by atoms with Gasteiger partial charge in [-0.05, 0) is 36.8 Å². The molecule has 5 rings (SSSR count). The van der Waals surface area contributed by atoms with Crippen molar-refractivity contribution >= 4 is 22.4 Å². The Bertz CT molecular complexity index is 1440. The lowest BCUT2D eigenvalue weighted by Crippen LogP contribution is -2.04. The van der Waals surface area contributed by atoms with Crippen molar-refractivity contribution in [1.29, 1.82) is 5.26 Å². The van der Waals surface area contributed by atoms with Gasteiger partial charge in [0.25, 0.3) is 0 Å². The van der Waals surface area contributed by atoms with Crippen molar-refractivity contribution in [2.45, 2.75) is 6.92 Å². The number of aromatic nitrogens is 5. The number of anilines is 1. The Morgan fingerprint density at radius 3 is 2.76 bits per heavy atom. The first-order valence-electron chi connectivity index (χ1n) is 9.00. The van der Waals surface area contributed by atoms with Gasteiger partial charge in [0, 0.05) is 41.3 Å². The second kappa shape index (κ2) is 6.39. The summed E-state index contributed by atoms with van der Waals surface area (Å²) in [6.07, 6.45) is 6.99. The first-order valence-corrected chi connectivity index (χ1v) is 9.00. The summed E-state index contributed by atoms with van der Waals surface area (Å²) in [5.74, 6) is 0.332. The fraction of sp³-hybridized carbons (Fsp3) is 0.0455. The average molecular weight is 377 g/mol. The molecule has 7 nitrogen and oxygen atoms in total. The number of nitrogens with zero attached hydrogens (tertiary/aromatic N) is 6. The minimum absolute atomic E-state index is 0.332. The molecule has 0 atom stereocenters. The van der Waals surface area contributed by atoms with Crippen LogP contribution in [-0.2, 0) is 0 Å². The number of nitrogen functional groups attached to an aromatic ring is 1. The normalized spacial score (nSPS) is 11.0. The number of rotatable bonds is 2. The van der Waals surface area contributed by atoms with E-state index in [9.17, 15) is 5.26 Å². The highest BCUT2D eigenvalue weighted by atomic mass is 15.1. The fourth-order valence-corrected chi connectivity index (χ4v) is 3.53. The Labute approximate surface area is 166 Å². The smallest absolute Gasteiger partial charge is 0.180 e. The molecule has 7 heteroatoms. The van der Waals surface area contributed by atoms with Gasteiger partial charge >= 0.3 is 0 Å². The van der Waals surface area contributed by atoms with Crippen molar-refractivity contribution in [2.75, 3.05) is 5.73 Å². The predicted molar refractivity (Wildman–Crippen MR) is 111 cm³/mol. The number of nitrogens with two attached hydrogens (primary N) is 1. The first-order chi connectivity index (χ1) is 14.2. The van der Waals surface area contributed by atoms with Crippen molar-refractivity contribution in [2.24, 2.45) is 0 Å². The third kappa shape index (κ3) is 2.66. The second-order valence-corrected chi connectivity index (χ2v) is 6.73. The van der Waals surface area contributed by atoms with Crippen LogP contribution < -0.4 is 5.73 Å². The summed E-state index contributed by atoms with van der Waals surface area (Å²) in [6.45, 7) is 1.86. The fourth-order valence-electron chi connectivity index (χ4n) is 3.53. The largest absolute Gasteiger partial charge is 0.381 e. The van der Waals surface area contributed by atoms with Gasteiger partial charge in [-0.1, -0.05) is 12.1 Å². The molecule has 0 radical (unpaired) electrons. The van der Waals surface area contributed by atoms with Crippen molar-refractivity contribution in [1.82, 2.24) is 24.3 Å². The van der Waals surface area contributed by atoms with Crippen LogP contribution in [0, 0.1) is 18.3 Å². The van der Waals surface area contributed by atoms with Crippen LogP contribution in [0.3, 0.4) is 0 Å². The van der Waals surface area contributed by atoms with Crippen LogP contribution in [0.5, 0.6) is 0 Å². The van der Waals surface area contributed by atoms with E-state index in [0.717, 1.165) is 33.3 Å². The van der Waals surface area contributed by atoms with Gasteiger partial charge in [0.2, 0.25) is 0 Å². The minimum atomic E-state index is 0.332. The SMILES string of the molecule is Cc1cc(-c2nc(N)c3nccn3c2-c2ccc3ncccc3c2)cnc1C#N. The van der Waals surface area contributed by atoms with E-state index in [1.165, 1.54) is 0 Å². The maximum atomic E-state index is 9.20. The van der Waals surface area contributed by atoms with E-state index < -0.39 is 0 Å². The lowest BCUT2D eigenvalue weighted by atomic mass is 10.0. The van der Waals surface area contributed by atoms with Crippen LogP contribution >= 0.6 is 0 Å². The van der Waals surface area contributed by atoms with E-state index in [2.05, 4.69) is 32.1 Å².